The van der Waals surface area contributed by atoms with Crippen molar-refractivity contribution in [1.82, 2.24) is 4.90 Å². The molecule has 1 aromatic carbocycles. The number of rotatable bonds is 3. The number of hydrogen-bond donors (Lipinski definition) is 0. The molecule has 102 valence electrons. The number of hydrogen-bond acceptors (Lipinski definition) is 2. The van der Waals surface area contributed by atoms with Crippen LogP contribution in [0.5, 0.6) is 0 Å². The molecule has 19 heavy (non-hydrogen) atoms. The van der Waals surface area contributed by atoms with Gasteiger partial charge in [0, 0.05) is 43.6 Å². The third-order valence-electron chi connectivity index (χ3n) is 3.23. The van der Waals surface area contributed by atoms with Gasteiger partial charge in [-0.2, -0.15) is 0 Å². The Morgan fingerprint density at radius 1 is 1.47 bits per heavy atom. The van der Waals surface area contributed by atoms with E-state index < -0.39 is 0 Å². The van der Waals surface area contributed by atoms with Crippen LogP contribution in [0.4, 0.5) is 5.69 Å². The van der Waals surface area contributed by atoms with E-state index in [4.69, 9.17) is 0 Å². The predicted octanol–water partition coefficient (Wildman–Crippen LogP) is 2.14. The summed E-state index contributed by atoms with van der Waals surface area (Å²) in [5.74, 6) is 0.421. The van der Waals surface area contributed by atoms with Crippen molar-refractivity contribution in [2.45, 2.75) is 6.42 Å². The van der Waals surface area contributed by atoms with Crippen molar-refractivity contribution in [3.05, 3.63) is 29.8 Å². The maximum absolute atomic E-state index is 12.0. The molecule has 0 saturated carbocycles. The average molecular weight is 325 g/mol. The molecular weight excluding hydrogens is 308 g/mol. The third-order valence-corrected chi connectivity index (χ3v) is 4.15. The van der Waals surface area contributed by atoms with E-state index in [1.54, 1.807) is 31.1 Å². The van der Waals surface area contributed by atoms with Gasteiger partial charge in [0.25, 0.3) is 5.91 Å². The molecule has 0 spiro atoms. The first-order chi connectivity index (χ1) is 9.02. The van der Waals surface area contributed by atoms with Crippen molar-refractivity contribution in [3.63, 3.8) is 0 Å². The van der Waals surface area contributed by atoms with Crippen LogP contribution in [0, 0.1) is 5.92 Å². The summed E-state index contributed by atoms with van der Waals surface area (Å²) in [5, 5.41) is 0.825. The van der Waals surface area contributed by atoms with Gasteiger partial charge in [-0.1, -0.05) is 22.0 Å². The van der Waals surface area contributed by atoms with Crippen LogP contribution in [0.2, 0.25) is 0 Å². The lowest BCUT2D eigenvalue weighted by Gasteiger charge is -2.18. The molecule has 1 aliphatic rings. The molecule has 4 nitrogen and oxygen atoms in total. The molecule has 1 saturated heterocycles. The average Bonchev–Trinajstić information content (AvgIpc) is 2.79. The van der Waals surface area contributed by atoms with E-state index in [2.05, 4.69) is 15.9 Å². The molecule has 2 rings (SSSR count). The zero-order valence-electron chi connectivity index (χ0n) is 11.1. The maximum Gasteiger partial charge on any atom is 0.253 e. The Bertz CT molecular complexity index is 502. The molecule has 1 unspecified atom stereocenters. The number of benzene rings is 1. The molecule has 0 bridgehead atoms. The number of carbonyl (C=O) groups excluding carboxylic acids is 2. The summed E-state index contributed by atoms with van der Waals surface area (Å²) in [6.07, 6.45) is 0.567. The minimum absolute atomic E-state index is 0.0504. The zero-order valence-corrected chi connectivity index (χ0v) is 12.7. The number of carbonyl (C=O) groups is 2. The smallest absolute Gasteiger partial charge is 0.253 e. The Morgan fingerprint density at radius 2 is 2.21 bits per heavy atom. The Morgan fingerprint density at radius 3 is 2.79 bits per heavy atom. The first kappa shape index (κ1) is 14.1. The van der Waals surface area contributed by atoms with Crippen LogP contribution in [0.3, 0.4) is 0 Å². The van der Waals surface area contributed by atoms with E-state index in [1.807, 2.05) is 12.1 Å². The first-order valence-corrected chi connectivity index (χ1v) is 7.33. The van der Waals surface area contributed by atoms with E-state index >= 15 is 0 Å². The van der Waals surface area contributed by atoms with Crippen LogP contribution in [-0.2, 0) is 4.79 Å². The normalized spacial score (nSPS) is 18.8. The van der Waals surface area contributed by atoms with Gasteiger partial charge >= 0.3 is 0 Å². The Labute approximate surface area is 121 Å². The highest BCUT2D eigenvalue weighted by molar-refractivity contribution is 9.09. The highest BCUT2D eigenvalue weighted by Crippen LogP contribution is 2.26. The lowest BCUT2D eigenvalue weighted by Crippen LogP contribution is -2.26. The van der Waals surface area contributed by atoms with E-state index in [9.17, 15) is 9.59 Å². The second kappa shape index (κ2) is 5.74. The quantitative estimate of drug-likeness (QED) is 0.799. The van der Waals surface area contributed by atoms with Crippen LogP contribution >= 0.6 is 15.9 Å². The summed E-state index contributed by atoms with van der Waals surface area (Å²) in [5.41, 5.74) is 1.42. The Balaban J connectivity index is 2.24. The maximum atomic E-state index is 12.0. The van der Waals surface area contributed by atoms with Crippen LogP contribution in [-0.4, -0.2) is 42.7 Å². The van der Waals surface area contributed by atoms with Gasteiger partial charge in [-0.3, -0.25) is 9.59 Å². The molecule has 0 radical (unpaired) electrons. The van der Waals surface area contributed by atoms with Crippen molar-refractivity contribution in [2.75, 3.05) is 30.9 Å². The number of amides is 2. The summed E-state index contributed by atoms with van der Waals surface area (Å²) in [6, 6.07) is 7.26. The topological polar surface area (TPSA) is 40.6 Å². The molecule has 1 aromatic rings. The second-order valence-corrected chi connectivity index (χ2v) is 5.63. The largest absolute Gasteiger partial charge is 0.345 e. The molecule has 2 amide bonds. The number of alkyl halides is 1. The van der Waals surface area contributed by atoms with Gasteiger partial charge in [0.15, 0.2) is 0 Å². The monoisotopic (exact) mass is 324 g/mol. The van der Waals surface area contributed by atoms with E-state index in [0.717, 1.165) is 11.0 Å². The van der Waals surface area contributed by atoms with Gasteiger partial charge in [0.05, 0.1) is 0 Å². The zero-order chi connectivity index (χ0) is 14.0. The van der Waals surface area contributed by atoms with Crippen LogP contribution in [0.15, 0.2) is 24.3 Å². The molecule has 0 aliphatic carbocycles. The van der Waals surface area contributed by atoms with Gasteiger partial charge in [-0.05, 0) is 24.1 Å². The van der Waals surface area contributed by atoms with Crippen molar-refractivity contribution in [2.24, 2.45) is 5.92 Å². The standard InChI is InChI=1S/C14H17BrN2O2/c1-16(2)14(19)11-4-3-5-12(7-11)17-9-10(8-15)6-13(17)18/h3-5,7,10H,6,8-9H2,1-2H3. The molecule has 1 fully saturated rings. The van der Waals surface area contributed by atoms with Crippen molar-refractivity contribution >= 4 is 33.4 Å². The number of anilines is 1. The minimum Gasteiger partial charge on any atom is -0.345 e. The van der Waals surface area contributed by atoms with Gasteiger partial charge in [-0.15, -0.1) is 0 Å². The third kappa shape index (κ3) is 2.97. The fourth-order valence-electron chi connectivity index (χ4n) is 2.20. The van der Waals surface area contributed by atoms with Crippen molar-refractivity contribution in [3.8, 4) is 0 Å². The van der Waals surface area contributed by atoms with Crippen LogP contribution in [0.25, 0.3) is 0 Å². The van der Waals surface area contributed by atoms with Crippen molar-refractivity contribution < 1.29 is 9.59 Å². The first-order valence-electron chi connectivity index (χ1n) is 6.21. The Hall–Kier alpha value is -1.36. The molecule has 0 aromatic heterocycles. The van der Waals surface area contributed by atoms with Crippen LogP contribution in [0.1, 0.15) is 16.8 Å². The highest BCUT2D eigenvalue weighted by atomic mass is 79.9. The molecular formula is C14H17BrN2O2. The number of nitrogens with zero attached hydrogens (tertiary/aromatic N) is 2. The summed E-state index contributed by atoms with van der Waals surface area (Å²) < 4.78 is 0. The van der Waals surface area contributed by atoms with Gasteiger partial charge in [0.1, 0.15) is 0 Å². The van der Waals surface area contributed by atoms with E-state index in [1.165, 1.54) is 4.90 Å². The lowest BCUT2D eigenvalue weighted by atomic mass is 10.1. The van der Waals surface area contributed by atoms with Gasteiger partial charge in [-0.25, -0.2) is 0 Å². The highest BCUT2D eigenvalue weighted by Gasteiger charge is 2.30. The predicted molar refractivity (Wildman–Crippen MR) is 78.7 cm³/mol. The summed E-state index contributed by atoms with van der Waals surface area (Å²) >= 11 is 3.42. The van der Waals surface area contributed by atoms with Gasteiger partial charge < -0.3 is 9.80 Å². The SMILES string of the molecule is CN(C)C(=O)c1cccc(N2CC(CBr)CC2=O)c1. The summed E-state index contributed by atoms with van der Waals surface area (Å²) in [6.45, 7) is 0.712. The van der Waals surface area contributed by atoms with Crippen LogP contribution < -0.4 is 4.90 Å². The molecule has 1 atom stereocenters. The molecule has 5 heteroatoms. The fraction of sp³-hybridized carbons (Fsp3) is 0.429. The summed E-state index contributed by atoms with van der Waals surface area (Å²) in [7, 11) is 3.44. The van der Waals surface area contributed by atoms with E-state index in [-0.39, 0.29) is 11.8 Å². The van der Waals surface area contributed by atoms with Crippen molar-refractivity contribution in [1.29, 1.82) is 0 Å². The molecule has 1 heterocycles. The molecule has 0 N–H and O–H groups in total. The van der Waals surface area contributed by atoms with E-state index in [0.29, 0.717) is 24.4 Å². The fourth-order valence-corrected chi connectivity index (χ4v) is 2.63. The lowest BCUT2D eigenvalue weighted by molar-refractivity contribution is -0.117. The Kier molecular flexibility index (Phi) is 4.24. The minimum atomic E-state index is -0.0504. The molecule has 1 aliphatic heterocycles. The van der Waals surface area contributed by atoms with Gasteiger partial charge in [0.2, 0.25) is 5.91 Å². The second-order valence-electron chi connectivity index (χ2n) is 4.98. The summed E-state index contributed by atoms with van der Waals surface area (Å²) in [4.78, 5) is 27.2. The number of halogens is 1.